The van der Waals surface area contributed by atoms with Crippen LogP contribution < -0.4 is 10.5 Å². The largest absolute Gasteiger partial charge is 0.388 e. The van der Waals surface area contributed by atoms with E-state index in [0.717, 1.165) is 19.3 Å². The number of hydrogen-bond acceptors (Lipinski definition) is 3. The molecule has 94 valence electrons. The molecule has 1 aliphatic carbocycles. The second kappa shape index (κ2) is 5.60. The third-order valence-electron chi connectivity index (χ3n) is 2.40. The molecule has 0 aliphatic heterocycles. The molecule has 0 aromatic heterocycles. The third kappa shape index (κ3) is 4.07. The minimum absolute atomic E-state index is 0.0244. The van der Waals surface area contributed by atoms with Gasteiger partial charge in [0.15, 0.2) is 0 Å². The Morgan fingerprint density at radius 2 is 2.19 bits per heavy atom. The first kappa shape index (κ1) is 13.4. The Kier molecular flexibility index (Phi) is 4.69. The summed E-state index contributed by atoms with van der Waals surface area (Å²) in [5.74, 6) is 0.0244. The predicted molar refractivity (Wildman–Crippen MR) is 63.5 cm³/mol. The van der Waals surface area contributed by atoms with Crippen molar-refractivity contribution in [3.8, 4) is 0 Å². The monoisotopic (exact) mass is 248 g/mol. The highest BCUT2D eigenvalue weighted by atomic mass is 32.2. The van der Waals surface area contributed by atoms with Crippen LogP contribution in [0.5, 0.6) is 0 Å². The third-order valence-corrected chi connectivity index (χ3v) is 4.07. The van der Waals surface area contributed by atoms with Gasteiger partial charge in [0.1, 0.15) is 0 Å². The second-order valence-electron chi connectivity index (χ2n) is 4.02. The Bertz CT molecular complexity index is 337. The standard InChI is InChI=1S/C9H20N4O2S/c1-2-6-12-16(14,15)13(8-3-4-8)7-5-9(10)11/h8,12H,2-7H2,1H3,(H3,10,11). The SMILES string of the molecule is CCCNS(=O)(=O)N(CCC(=N)N)C1CC1. The molecule has 0 spiro atoms. The van der Waals surface area contributed by atoms with E-state index >= 15 is 0 Å². The molecule has 0 saturated heterocycles. The second-order valence-corrected chi connectivity index (χ2v) is 5.72. The lowest BCUT2D eigenvalue weighted by molar-refractivity contribution is 0.404. The molecule has 16 heavy (non-hydrogen) atoms. The summed E-state index contributed by atoms with van der Waals surface area (Å²) in [6, 6.07) is 0.105. The Labute approximate surface area is 96.9 Å². The van der Waals surface area contributed by atoms with Gasteiger partial charge in [-0.3, -0.25) is 5.41 Å². The van der Waals surface area contributed by atoms with Crippen molar-refractivity contribution in [2.24, 2.45) is 5.73 Å². The van der Waals surface area contributed by atoms with E-state index in [1.165, 1.54) is 4.31 Å². The minimum atomic E-state index is -3.39. The topological polar surface area (TPSA) is 99.3 Å². The van der Waals surface area contributed by atoms with Gasteiger partial charge in [-0.15, -0.1) is 0 Å². The molecule has 7 heteroatoms. The molecule has 1 rings (SSSR count). The number of amidine groups is 1. The Morgan fingerprint density at radius 3 is 2.62 bits per heavy atom. The van der Waals surface area contributed by atoms with Gasteiger partial charge in [0.2, 0.25) is 0 Å². The molecular formula is C9H20N4O2S. The summed E-state index contributed by atoms with van der Waals surface area (Å²) in [6.45, 7) is 2.67. The van der Waals surface area contributed by atoms with Gasteiger partial charge >= 0.3 is 0 Å². The molecule has 0 radical (unpaired) electrons. The van der Waals surface area contributed by atoms with Crippen LogP contribution in [0.2, 0.25) is 0 Å². The van der Waals surface area contributed by atoms with Gasteiger partial charge in [-0.2, -0.15) is 12.7 Å². The van der Waals surface area contributed by atoms with Crippen molar-refractivity contribution in [3.05, 3.63) is 0 Å². The van der Waals surface area contributed by atoms with Crippen LogP contribution in [0.1, 0.15) is 32.6 Å². The lowest BCUT2D eigenvalue weighted by atomic mass is 10.4. The van der Waals surface area contributed by atoms with E-state index in [-0.39, 0.29) is 11.9 Å². The number of nitrogens with zero attached hydrogens (tertiary/aromatic N) is 1. The highest BCUT2D eigenvalue weighted by Gasteiger charge is 2.36. The summed E-state index contributed by atoms with van der Waals surface area (Å²) < 4.78 is 27.7. The van der Waals surface area contributed by atoms with Crippen LogP contribution in [0.4, 0.5) is 0 Å². The van der Waals surface area contributed by atoms with Crippen molar-refractivity contribution in [1.29, 1.82) is 5.41 Å². The van der Waals surface area contributed by atoms with E-state index in [1.807, 2.05) is 6.92 Å². The fraction of sp³-hybridized carbons (Fsp3) is 0.889. The van der Waals surface area contributed by atoms with Crippen molar-refractivity contribution in [2.75, 3.05) is 13.1 Å². The summed E-state index contributed by atoms with van der Waals surface area (Å²) in [5.41, 5.74) is 5.25. The molecule has 6 nitrogen and oxygen atoms in total. The summed E-state index contributed by atoms with van der Waals surface area (Å²) >= 11 is 0. The first-order valence-corrected chi connectivity index (χ1v) is 7.00. The van der Waals surface area contributed by atoms with E-state index < -0.39 is 10.2 Å². The van der Waals surface area contributed by atoms with Crippen LogP contribution in [0, 0.1) is 5.41 Å². The minimum Gasteiger partial charge on any atom is -0.388 e. The maximum atomic E-state index is 11.9. The predicted octanol–water partition coefficient (Wildman–Crippen LogP) is 0.0213. The van der Waals surface area contributed by atoms with Crippen LogP contribution in [0.15, 0.2) is 0 Å². The van der Waals surface area contributed by atoms with Gasteiger partial charge in [0.25, 0.3) is 10.2 Å². The van der Waals surface area contributed by atoms with Gasteiger partial charge in [0.05, 0.1) is 5.84 Å². The van der Waals surface area contributed by atoms with Crippen molar-refractivity contribution < 1.29 is 8.42 Å². The maximum absolute atomic E-state index is 11.9. The van der Waals surface area contributed by atoms with Crippen LogP contribution in [-0.2, 0) is 10.2 Å². The van der Waals surface area contributed by atoms with E-state index in [1.54, 1.807) is 0 Å². The Morgan fingerprint density at radius 1 is 1.56 bits per heavy atom. The number of hydrogen-bond donors (Lipinski definition) is 3. The lowest BCUT2D eigenvalue weighted by Crippen LogP contribution is -2.43. The van der Waals surface area contributed by atoms with Gasteiger partial charge in [-0.25, -0.2) is 4.72 Å². The van der Waals surface area contributed by atoms with Crippen LogP contribution in [0.3, 0.4) is 0 Å². The average molecular weight is 248 g/mol. The molecule has 1 saturated carbocycles. The Hall–Kier alpha value is -0.660. The van der Waals surface area contributed by atoms with Crippen LogP contribution in [0.25, 0.3) is 0 Å². The zero-order chi connectivity index (χ0) is 12.2. The zero-order valence-corrected chi connectivity index (χ0v) is 10.4. The van der Waals surface area contributed by atoms with Crippen molar-refractivity contribution >= 4 is 16.0 Å². The van der Waals surface area contributed by atoms with Gasteiger partial charge < -0.3 is 5.73 Å². The molecule has 0 atom stereocenters. The van der Waals surface area contributed by atoms with E-state index in [4.69, 9.17) is 11.1 Å². The first-order valence-electron chi connectivity index (χ1n) is 5.56. The van der Waals surface area contributed by atoms with Crippen LogP contribution >= 0.6 is 0 Å². The van der Waals surface area contributed by atoms with Gasteiger partial charge in [-0.05, 0) is 19.3 Å². The molecule has 1 fully saturated rings. The van der Waals surface area contributed by atoms with Crippen LogP contribution in [-0.4, -0.2) is 37.7 Å². The average Bonchev–Trinajstić information content (AvgIpc) is 2.98. The molecule has 0 aromatic rings. The molecule has 0 amide bonds. The fourth-order valence-corrected chi connectivity index (χ4v) is 2.97. The molecule has 1 aliphatic rings. The first-order chi connectivity index (χ1) is 7.47. The lowest BCUT2D eigenvalue weighted by Gasteiger charge is -2.21. The molecule has 0 heterocycles. The summed E-state index contributed by atoms with van der Waals surface area (Å²) in [5, 5.41) is 7.13. The quantitative estimate of drug-likeness (QED) is 0.417. The molecule has 0 unspecified atom stereocenters. The van der Waals surface area contributed by atoms with Crippen molar-refractivity contribution in [1.82, 2.24) is 9.03 Å². The zero-order valence-electron chi connectivity index (χ0n) is 9.57. The maximum Gasteiger partial charge on any atom is 0.279 e. The highest BCUT2D eigenvalue weighted by molar-refractivity contribution is 7.87. The van der Waals surface area contributed by atoms with E-state index in [0.29, 0.717) is 19.5 Å². The number of rotatable bonds is 8. The fourth-order valence-electron chi connectivity index (χ4n) is 1.41. The van der Waals surface area contributed by atoms with E-state index in [9.17, 15) is 8.42 Å². The van der Waals surface area contributed by atoms with Gasteiger partial charge in [-0.1, -0.05) is 6.92 Å². The summed E-state index contributed by atoms with van der Waals surface area (Å²) in [4.78, 5) is 0. The summed E-state index contributed by atoms with van der Waals surface area (Å²) in [7, 11) is -3.39. The molecule has 0 bridgehead atoms. The van der Waals surface area contributed by atoms with E-state index in [2.05, 4.69) is 4.72 Å². The Balaban J connectivity index is 2.57. The smallest absolute Gasteiger partial charge is 0.279 e. The number of nitrogens with two attached hydrogens (primary N) is 1. The normalized spacial score (nSPS) is 16.6. The highest BCUT2D eigenvalue weighted by Crippen LogP contribution is 2.28. The number of nitrogens with one attached hydrogen (secondary N) is 2. The van der Waals surface area contributed by atoms with Crippen molar-refractivity contribution in [2.45, 2.75) is 38.6 Å². The van der Waals surface area contributed by atoms with Crippen molar-refractivity contribution in [3.63, 3.8) is 0 Å². The molecule has 0 aromatic carbocycles. The molecular weight excluding hydrogens is 228 g/mol. The molecule has 4 N–H and O–H groups in total. The van der Waals surface area contributed by atoms with Gasteiger partial charge in [0, 0.05) is 25.6 Å². The summed E-state index contributed by atoms with van der Waals surface area (Å²) in [6.07, 6.45) is 2.88.